The Morgan fingerprint density at radius 3 is 2.20 bits per heavy atom. The van der Waals surface area contributed by atoms with Gasteiger partial charge in [-0.05, 0) is 56.3 Å². The van der Waals surface area contributed by atoms with Crippen molar-refractivity contribution in [3.8, 4) is 0 Å². The zero-order valence-corrected chi connectivity index (χ0v) is 13.2. The molecule has 0 bridgehead atoms. The normalized spacial score (nSPS) is 30.1. The van der Waals surface area contributed by atoms with E-state index in [4.69, 9.17) is 0 Å². The summed E-state index contributed by atoms with van der Waals surface area (Å²) in [6, 6.07) is 0. The minimum absolute atomic E-state index is 0.0164. The van der Waals surface area contributed by atoms with E-state index in [0.717, 1.165) is 18.3 Å². The van der Waals surface area contributed by atoms with E-state index in [1.54, 1.807) is 0 Å². The van der Waals surface area contributed by atoms with Crippen LogP contribution in [0.15, 0.2) is 12.7 Å². The topological polar surface area (TPSA) is 20.2 Å². The Hall–Kier alpha value is -0.300. The highest BCUT2D eigenvalue weighted by molar-refractivity contribution is 4.80. The molecule has 0 amide bonds. The molecule has 2 aliphatic carbocycles. The Morgan fingerprint density at radius 1 is 0.900 bits per heavy atom. The summed E-state index contributed by atoms with van der Waals surface area (Å²) in [6.07, 6.45) is 19.2. The fourth-order valence-corrected chi connectivity index (χ4v) is 4.33. The predicted octanol–water partition coefficient (Wildman–Crippen LogP) is 5.48. The third-order valence-electron chi connectivity index (χ3n) is 5.81. The van der Waals surface area contributed by atoms with Crippen LogP contribution in [0.5, 0.6) is 0 Å². The van der Waals surface area contributed by atoms with Crippen molar-refractivity contribution in [2.45, 2.75) is 89.6 Å². The van der Waals surface area contributed by atoms with Crippen molar-refractivity contribution in [3.05, 3.63) is 12.7 Å². The van der Waals surface area contributed by atoms with Gasteiger partial charge < -0.3 is 5.11 Å². The fraction of sp³-hybridized carbons (Fsp3) is 0.895. The van der Waals surface area contributed by atoms with Crippen LogP contribution in [0.3, 0.4) is 0 Å². The highest BCUT2D eigenvalue weighted by atomic mass is 16.3. The second-order valence-electron chi connectivity index (χ2n) is 7.30. The fourth-order valence-electron chi connectivity index (χ4n) is 4.33. The van der Waals surface area contributed by atoms with Gasteiger partial charge in [-0.1, -0.05) is 51.0 Å². The first-order chi connectivity index (χ1) is 9.79. The van der Waals surface area contributed by atoms with Gasteiger partial charge in [-0.3, -0.25) is 0 Å². The molecule has 0 aromatic heterocycles. The van der Waals surface area contributed by atoms with Gasteiger partial charge in [0.2, 0.25) is 0 Å². The highest BCUT2D eigenvalue weighted by Gasteiger charge is 2.26. The summed E-state index contributed by atoms with van der Waals surface area (Å²) in [6.45, 7) is 3.82. The van der Waals surface area contributed by atoms with Gasteiger partial charge in [-0.15, -0.1) is 6.58 Å². The lowest BCUT2D eigenvalue weighted by Gasteiger charge is -2.32. The molecule has 1 atom stereocenters. The summed E-state index contributed by atoms with van der Waals surface area (Å²) in [5, 5.41) is 10.5. The van der Waals surface area contributed by atoms with Crippen molar-refractivity contribution in [3.63, 3.8) is 0 Å². The average Bonchev–Trinajstić information content (AvgIpc) is 2.52. The number of aliphatic hydroxyl groups excluding tert-OH is 1. The third kappa shape index (κ3) is 5.24. The molecule has 0 heterocycles. The maximum Gasteiger partial charge on any atom is 0.0568 e. The maximum atomic E-state index is 10.5. The number of hydrogen-bond acceptors (Lipinski definition) is 1. The molecule has 116 valence electrons. The first kappa shape index (κ1) is 16.1. The molecule has 2 saturated carbocycles. The lowest BCUT2D eigenvalue weighted by molar-refractivity contribution is 0.0589. The molecule has 1 heteroatoms. The van der Waals surface area contributed by atoms with E-state index in [1.165, 1.54) is 77.0 Å². The highest BCUT2D eigenvalue weighted by Crippen LogP contribution is 2.35. The summed E-state index contributed by atoms with van der Waals surface area (Å²) < 4.78 is 0. The smallest absolute Gasteiger partial charge is 0.0568 e. The SMILES string of the molecule is C=CCCC1CCC(C(O)CCC2CCCCC2)CC1. The van der Waals surface area contributed by atoms with E-state index in [9.17, 15) is 5.11 Å². The average molecular weight is 278 g/mol. The minimum atomic E-state index is -0.0164. The molecule has 0 saturated heterocycles. The quantitative estimate of drug-likeness (QED) is 0.611. The number of aliphatic hydroxyl groups is 1. The molecule has 0 aliphatic heterocycles. The number of allylic oxidation sites excluding steroid dienone is 1. The number of rotatable bonds is 7. The van der Waals surface area contributed by atoms with Crippen LogP contribution < -0.4 is 0 Å². The van der Waals surface area contributed by atoms with Gasteiger partial charge in [0.05, 0.1) is 6.10 Å². The molecular formula is C19H34O. The molecule has 0 aromatic rings. The monoisotopic (exact) mass is 278 g/mol. The van der Waals surface area contributed by atoms with Crippen LogP contribution in [0, 0.1) is 17.8 Å². The van der Waals surface area contributed by atoms with E-state index < -0.39 is 0 Å². The first-order valence-corrected chi connectivity index (χ1v) is 9.08. The summed E-state index contributed by atoms with van der Waals surface area (Å²) >= 11 is 0. The van der Waals surface area contributed by atoms with E-state index in [-0.39, 0.29) is 6.10 Å². The van der Waals surface area contributed by atoms with E-state index in [2.05, 4.69) is 6.58 Å². The lowest BCUT2D eigenvalue weighted by Crippen LogP contribution is -2.26. The van der Waals surface area contributed by atoms with Crippen LogP contribution in [-0.4, -0.2) is 11.2 Å². The molecule has 2 aliphatic rings. The van der Waals surface area contributed by atoms with E-state index in [0.29, 0.717) is 5.92 Å². The molecule has 0 radical (unpaired) electrons. The standard InChI is InChI=1S/C19H34O/c1-2-3-7-17-10-13-18(14-11-17)19(20)15-12-16-8-5-4-6-9-16/h2,16-20H,1,3-15H2. The summed E-state index contributed by atoms with van der Waals surface area (Å²) in [7, 11) is 0. The van der Waals surface area contributed by atoms with Crippen LogP contribution in [0.4, 0.5) is 0 Å². The Labute approximate surface area is 125 Å². The van der Waals surface area contributed by atoms with Gasteiger partial charge >= 0.3 is 0 Å². The molecule has 2 fully saturated rings. The summed E-state index contributed by atoms with van der Waals surface area (Å²) in [4.78, 5) is 0. The first-order valence-electron chi connectivity index (χ1n) is 9.08. The maximum absolute atomic E-state index is 10.5. The summed E-state index contributed by atoms with van der Waals surface area (Å²) in [5.74, 6) is 2.41. The zero-order chi connectivity index (χ0) is 14.2. The van der Waals surface area contributed by atoms with E-state index >= 15 is 0 Å². The van der Waals surface area contributed by atoms with Crippen molar-refractivity contribution >= 4 is 0 Å². The van der Waals surface area contributed by atoms with Crippen molar-refractivity contribution in [2.75, 3.05) is 0 Å². The van der Waals surface area contributed by atoms with Crippen molar-refractivity contribution < 1.29 is 5.11 Å². The van der Waals surface area contributed by atoms with Crippen LogP contribution in [-0.2, 0) is 0 Å². The summed E-state index contributed by atoms with van der Waals surface area (Å²) in [5.41, 5.74) is 0. The Morgan fingerprint density at radius 2 is 1.55 bits per heavy atom. The molecule has 1 unspecified atom stereocenters. The predicted molar refractivity (Wildman–Crippen MR) is 86.7 cm³/mol. The lowest BCUT2D eigenvalue weighted by atomic mass is 9.76. The Kier molecular flexibility index (Phi) is 7.13. The largest absolute Gasteiger partial charge is 0.393 e. The second kappa shape index (κ2) is 8.87. The molecular weight excluding hydrogens is 244 g/mol. The molecule has 0 spiro atoms. The zero-order valence-electron chi connectivity index (χ0n) is 13.2. The Balaban J connectivity index is 1.61. The van der Waals surface area contributed by atoms with Gasteiger partial charge in [0.25, 0.3) is 0 Å². The van der Waals surface area contributed by atoms with Crippen molar-refractivity contribution in [1.29, 1.82) is 0 Å². The van der Waals surface area contributed by atoms with Gasteiger partial charge in [-0.2, -0.15) is 0 Å². The van der Waals surface area contributed by atoms with Gasteiger partial charge in [0.1, 0.15) is 0 Å². The number of hydrogen-bond donors (Lipinski definition) is 1. The van der Waals surface area contributed by atoms with Gasteiger partial charge in [0.15, 0.2) is 0 Å². The van der Waals surface area contributed by atoms with Crippen LogP contribution >= 0.6 is 0 Å². The van der Waals surface area contributed by atoms with Crippen molar-refractivity contribution in [1.82, 2.24) is 0 Å². The van der Waals surface area contributed by atoms with Gasteiger partial charge in [-0.25, -0.2) is 0 Å². The van der Waals surface area contributed by atoms with Crippen LogP contribution in [0.2, 0.25) is 0 Å². The van der Waals surface area contributed by atoms with Crippen LogP contribution in [0.1, 0.15) is 83.5 Å². The molecule has 0 aromatic carbocycles. The van der Waals surface area contributed by atoms with Gasteiger partial charge in [0, 0.05) is 0 Å². The minimum Gasteiger partial charge on any atom is -0.393 e. The van der Waals surface area contributed by atoms with E-state index in [1.807, 2.05) is 6.08 Å². The molecule has 1 N–H and O–H groups in total. The second-order valence-corrected chi connectivity index (χ2v) is 7.30. The molecule has 1 nitrogen and oxygen atoms in total. The molecule has 2 rings (SSSR count). The molecule has 20 heavy (non-hydrogen) atoms. The van der Waals surface area contributed by atoms with Crippen molar-refractivity contribution in [2.24, 2.45) is 17.8 Å². The van der Waals surface area contributed by atoms with Crippen LogP contribution in [0.25, 0.3) is 0 Å². The third-order valence-corrected chi connectivity index (χ3v) is 5.81. The Bertz CT molecular complexity index is 259.